The predicted octanol–water partition coefficient (Wildman–Crippen LogP) is 3.19. The molecule has 86 valence electrons. The van der Waals surface area contributed by atoms with E-state index in [-0.39, 0.29) is 12.0 Å². The second-order valence-electron chi connectivity index (χ2n) is 3.40. The summed E-state index contributed by atoms with van der Waals surface area (Å²) in [7, 11) is 1.40. The van der Waals surface area contributed by atoms with E-state index in [1.807, 2.05) is 51.4 Å². The Kier molecular flexibility index (Phi) is 5.75. The van der Waals surface area contributed by atoms with E-state index in [9.17, 15) is 4.79 Å². The molecule has 0 amide bonds. The third-order valence-corrected chi connectivity index (χ3v) is 1.94. The second-order valence-corrected chi connectivity index (χ2v) is 3.40. The average Bonchev–Trinajstić information content (AvgIpc) is 2.62. The van der Waals surface area contributed by atoms with Gasteiger partial charge in [0.25, 0.3) is 0 Å². The minimum Gasteiger partial charge on any atom is -0.464 e. The van der Waals surface area contributed by atoms with E-state index in [0.29, 0.717) is 5.69 Å². The van der Waals surface area contributed by atoms with Crippen LogP contribution < -0.4 is 0 Å². The maximum Gasteiger partial charge on any atom is 0.354 e. The lowest BCUT2D eigenvalue weighted by molar-refractivity contribution is 0.0586. The summed E-state index contributed by atoms with van der Waals surface area (Å²) in [5.74, 6) is -0.276. The Bertz CT molecular complexity index is 313. The zero-order valence-corrected chi connectivity index (χ0v) is 10.5. The molecule has 0 fully saturated rings. The number of rotatable bonds is 2. The molecule has 0 aliphatic heterocycles. The lowest BCUT2D eigenvalue weighted by Crippen LogP contribution is -2.11. The highest BCUT2D eigenvalue weighted by molar-refractivity contribution is 5.88. The van der Waals surface area contributed by atoms with E-state index in [1.54, 1.807) is 0 Å². The fourth-order valence-electron chi connectivity index (χ4n) is 1.31. The Morgan fingerprint density at radius 3 is 2.33 bits per heavy atom. The molecule has 0 unspecified atom stereocenters. The maximum atomic E-state index is 11.3. The lowest BCUT2D eigenvalue weighted by Gasteiger charge is -2.10. The summed E-state index contributed by atoms with van der Waals surface area (Å²) in [6.45, 7) is 10.0. The maximum absolute atomic E-state index is 11.3. The van der Waals surface area contributed by atoms with Crippen molar-refractivity contribution in [1.82, 2.24) is 4.57 Å². The largest absolute Gasteiger partial charge is 0.464 e. The smallest absolute Gasteiger partial charge is 0.354 e. The highest BCUT2D eigenvalue weighted by Gasteiger charge is 2.13. The van der Waals surface area contributed by atoms with Crippen molar-refractivity contribution in [2.75, 3.05) is 7.11 Å². The van der Waals surface area contributed by atoms with Crippen LogP contribution in [0.25, 0.3) is 0 Å². The zero-order chi connectivity index (χ0) is 12.0. The summed E-state index contributed by atoms with van der Waals surface area (Å²) in [6, 6.07) is 2.12. The molecule has 0 aromatic carbocycles. The molecule has 0 atom stereocenters. The summed E-state index contributed by atoms with van der Waals surface area (Å²) in [4.78, 5) is 11.3. The topological polar surface area (TPSA) is 31.2 Å². The van der Waals surface area contributed by atoms with Crippen LogP contribution in [0, 0.1) is 6.92 Å². The van der Waals surface area contributed by atoms with Crippen molar-refractivity contribution < 1.29 is 9.53 Å². The van der Waals surface area contributed by atoms with Gasteiger partial charge in [-0.1, -0.05) is 13.8 Å². The van der Waals surface area contributed by atoms with Crippen LogP contribution in [0.4, 0.5) is 0 Å². The molecule has 1 heterocycles. The van der Waals surface area contributed by atoms with E-state index >= 15 is 0 Å². The molecule has 0 spiro atoms. The number of nitrogens with zero attached hydrogens (tertiary/aromatic N) is 1. The molecule has 3 heteroatoms. The first-order valence-corrected chi connectivity index (χ1v) is 5.33. The van der Waals surface area contributed by atoms with E-state index in [2.05, 4.69) is 4.74 Å². The van der Waals surface area contributed by atoms with Crippen LogP contribution in [-0.4, -0.2) is 17.6 Å². The number of carbonyl (C=O) groups excluding carboxylic acids is 1. The fourth-order valence-corrected chi connectivity index (χ4v) is 1.31. The number of methoxy groups -OCH3 is 1. The summed E-state index contributed by atoms with van der Waals surface area (Å²) in [5, 5.41) is 0. The van der Waals surface area contributed by atoms with Gasteiger partial charge in [0, 0.05) is 12.2 Å². The number of ether oxygens (including phenoxy) is 1. The minimum atomic E-state index is -0.276. The minimum absolute atomic E-state index is 0.276. The van der Waals surface area contributed by atoms with E-state index in [1.165, 1.54) is 7.11 Å². The summed E-state index contributed by atoms with van der Waals surface area (Å²) < 4.78 is 6.60. The van der Waals surface area contributed by atoms with E-state index < -0.39 is 0 Å². The predicted molar refractivity (Wildman–Crippen MR) is 62.2 cm³/mol. The Morgan fingerprint density at radius 2 is 1.93 bits per heavy atom. The van der Waals surface area contributed by atoms with Crippen molar-refractivity contribution in [3.63, 3.8) is 0 Å². The third kappa shape index (κ3) is 3.42. The quantitative estimate of drug-likeness (QED) is 0.703. The number of hydrogen-bond acceptors (Lipinski definition) is 2. The number of aryl methyl sites for hydroxylation is 1. The molecule has 0 aliphatic carbocycles. The van der Waals surface area contributed by atoms with Crippen molar-refractivity contribution in [3.05, 3.63) is 23.5 Å². The van der Waals surface area contributed by atoms with Gasteiger partial charge in [0.05, 0.1) is 7.11 Å². The normalized spacial score (nSPS) is 9.53. The number of carbonyl (C=O) groups is 1. The molecule has 3 nitrogen and oxygen atoms in total. The Morgan fingerprint density at radius 1 is 1.40 bits per heavy atom. The first-order chi connectivity index (χ1) is 7.06. The summed E-state index contributed by atoms with van der Waals surface area (Å²) in [5.41, 5.74) is 1.70. The molecular formula is C12H21NO2. The van der Waals surface area contributed by atoms with Gasteiger partial charge < -0.3 is 9.30 Å². The van der Waals surface area contributed by atoms with Crippen molar-refractivity contribution in [2.45, 2.75) is 40.7 Å². The Labute approximate surface area is 92.1 Å². The van der Waals surface area contributed by atoms with E-state index in [4.69, 9.17) is 0 Å². The van der Waals surface area contributed by atoms with Gasteiger partial charge in [0.15, 0.2) is 0 Å². The van der Waals surface area contributed by atoms with E-state index in [0.717, 1.165) is 5.56 Å². The fraction of sp³-hybridized carbons (Fsp3) is 0.583. The van der Waals surface area contributed by atoms with Gasteiger partial charge in [-0.25, -0.2) is 4.79 Å². The van der Waals surface area contributed by atoms with Crippen LogP contribution in [0.2, 0.25) is 0 Å². The van der Waals surface area contributed by atoms with Gasteiger partial charge in [-0.15, -0.1) is 0 Å². The first-order valence-electron chi connectivity index (χ1n) is 5.33. The van der Waals surface area contributed by atoms with Crippen molar-refractivity contribution in [1.29, 1.82) is 0 Å². The number of aromatic nitrogens is 1. The van der Waals surface area contributed by atoms with Gasteiger partial charge in [0.1, 0.15) is 5.69 Å². The van der Waals surface area contributed by atoms with Crippen LogP contribution in [-0.2, 0) is 4.74 Å². The monoisotopic (exact) mass is 211 g/mol. The Hall–Kier alpha value is -1.25. The van der Waals surface area contributed by atoms with Crippen molar-refractivity contribution in [2.24, 2.45) is 0 Å². The first kappa shape index (κ1) is 13.8. The Balaban J connectivity index is 0.000000921. The van der Waals surface area contributed by atoms with Gasteiger partial charge in [-0.05, 0) is 32.4 Å². The molecule has 0 saturated heterocycles. The molecular weight excluding hydrogens is 190 g/mol. The number of esters is 1. The molecule has 0 radical (unpaired) electrons. The summed E-state index contributed by atoms with van der Waals surface area (Å²) in [6.07, 6.45) is 1.96. The van der Waals surface area contributed by atoms with Crippen molar-refractivity contribution in [3.8, 4) is 0 Å². The van der Waals surface area contributed by atoms with Gasteiger partial charge in [-0.2, -0.15) is 0 Å². The molecule has 1 aromatic heterocycles. The SMILES string of the molecule is CC.COC(=O)c1cc(C)cn1C(C)C. The lowest BCUT2D eigenvalue weighted by atomic mass is 10.3. The zero-order valence-electron chi connectivity index (χ0n) is 10.5. The molecule has 1 rings (SSSR count). The highest BCUT2D eigenvalue weighted by atomic mass is 16.5. The second kappa shape index (κ2) is 6.27. The van der Waals surface area contributed by atoms with Crippen LogP contribution in [0.5, 0.6) is 0 Å². The average molecular weight is 211 g/mol. The van der Waals surface area contributed by atoms with Crippen LogP contribution in [0.3, 0.4) is 0 Å². The molecule has 15 heavy (non-hydrogen) atoms. The third-order valence-electron chi connectivity index (χ3n) is 1.94. The van der Waals surface area contributed by atoms with Crippen LogP contribution in [0.15, 0.2) is 12.3 Å². The van der Waals surface area contributed by atoms with Gasteiger partial charge >= 0.3 is 5.97 Å². The molecule has 0 saturated carbocycles. The molecule has 0 bridgehead atoms. The standard InChI is InChI=1S/C10H15NO2.C2H6/c1-7(2)11-6-8(3)5-9(11)10(12)13-4;1-2/h5-7H,1-4H3;1-2H3. The van der Waals surface area contributed by atoms with Crippen LogP contribution in [0.1, 0.15) is 49.8 Å². The molecule has 0 aliphatic rings. The van der Waals surface area contributed by atoms with Gasteiger partial charge in [0.2, 0.25) is 0 Å². The highest BCUT2D eigenvalue weighted by Crippen LogP contribution is 2.14. The number of hydrogen-bond donors (Lipinski definition) is 0. The van der Waals surface area contributed by atoms with Gasteiger partial charge in [-0.3, -0.25) is 0 Å². The van der Waals surface area contributed by atoms with Crippen molar-refractivity contribution >= 4 is 5.97 Å². The molecule has 1 aromatic rings. The van der Waals surface area contributed by atoms with Crippen LogP contribution >= 0.6 is 0 Å². The molecule has 0 N–H and O–H groups in total. The summed E-state index contributed by atoms with van der Waals surface area (Å²) >= 11 is 0.